The number of hydrogen-bond donors (Lipinski definition) is 2. The molecule has 0 rings (SSSR count). The van der Waals surface area contributed by atoms with Crippen LogP contribution in [-0.2, 0) is 9.53 Å². The lowest BCUT2D eigenvalue weighted by molar-refractivity contribution is -0.123. The number of methoxy groups -OCH3 is 1. The summed E-state index contributed by atoms with van der Waals surface area (Å²) in [5.74, 6) is 0.0592. The van der Waals surface area contributed by atoms with Crippen molar-refractivity contribution in [1.29, 1.82) is 0 Å². The van der Waals surface area contributed by atoms with Crippen molar-refractivity contribution in [2.45, 2.75) is 58.7 Å². The molecule has 96 valence electrons. The molecule has 0 aromatic heterocycles. The Morgan fingerprint density at radius 3 is 2.31 bits per heavy atom. The van der Waals surface area contributed by atoms with Gasteiger partial charge in [-0.15, -0.1) is 0 Å². The van der Waals surface area contributed by atoms with Crippen LogP contribution in [0.2, 0.25) is 0 Å². The van der Waals surface area contributed by atoms with Gasteiger partial charge >= 0.3 is 0 Å². The number of carbonyl (C=O) groups excluding carboxylic acids is 1. The van der Waals surface area contributed by atoms with E-state index in [4.69, 9.17) is 4.74 Å². The average Bonchev–Trinajstić information content (AvgIpc) is 2.27. The predicted molar refractivity (Wildman–Crippen MR) is 66.4 cm³/mol. The maximum atomic E-state index is 11.8. The first-order chi connectivity index (χ1) is 7.54. The van der Waals surface area contributed by atoms with Gasteiger partial charge in [0.05, 0.1) is 12.6 Å². The second kappa shape index (κ2) is 8.53. The Morgan fingerprint density at radius 1 is 1.25 bits per heavy atom. The number of carbonyl (C=O) groups is 1. The predicted octanol–water partition coefficient (Wildman–Crippen LogP) is 1.30. The van der Waals surface area contributed by atoms with Gasteiger partial charge in [0.1, 0.15) is 0 Å². The van der Waals surface area contributed by atoms with Gasteiger partial charge in [-0.25, -0.2) is 0 Å². The van der Waals surface area contributed by atoms with Crippen LogP contribution < -0.4 is 10.6 Å². The Bertz CT molecular complexity index is 197. The van der Waals surface area contributed by atoms with Crippen LogP contribution in [-0.4, -0.2) is 37.7 Å². The van der Waals surface area contributed by atoms with E-state index in [2.05, 4.69) is 24.5 Å². The molecule has 4 heteroatoms. The minimum absolute atomic E-state index is 0.0592. The molecule has 3 atom stereocenters. The fourth-order valence-electron chi connectivity index (χ4n) is 1.38. The zero-order chi connectivity index (χ0) is 12.6. The Kier molecular flexibility index (Phi) is 8.21. The highest BCUT2D eigenvalue weighted by Crippen LogP contribution is 1.96. The van der Waals surface area contributed by atoms with E-state index in [1.165, 1.54) is 0 Å². The van der Waals surface area contributed by atoms with Crippen LogP contribution in [0.4, 0.5) is 0 Å². The third-order valence-electron chi connectivity index (χ3n) is 2.74. The van der Waals surface area contributed by atoms with Gasteiger partial charge < -0.3 is 15.4 Å². The molecule has 0 bridgehead atoms. The largest absolute Gasteiger partial charge is 0.383 e. The molecular formula is C12H26N2O2. The molecule has 0 aliphatic rings. The summed E-state index contributed by atoms with van der Waals surface area (Å²) in [6.45, 7) is 8.67. The summed E-state index contributed by atoms with van der Waals surface area (Å²) < 4.78 is 5.08. The summed E-state index contributed by atoms with van der Waals surface area (Å²) >= 11 is 0. The van der Waals surface area contributed by atoms with Crippen molar-refractivity contribution in [2.24, 2.45) is 0 Å². The SMILES string of the molecule is CCC(C)NC(=O)C(C)NC(CC)COC. The molecule has 0 spiro atoms. The van der Waals surface area contributed by atoms with Crippen LogP contribution in [0.3, 0.4) is 0 Å². The maximum absolute atomic E-state index is 11.8. The van der Waals surface area contributed by atoms with Crippen LogP contribution >= 0.6 is 0 Å². The van der Waals surface area contributed by atoms with E-state index in [-0.39, 0.29) is 24.0 Å². The summed E-state index contributed by atoms with van der Waals surface area (Å²) in [5.41, 5.74) is 0. The van der Waals surface area contributed by atoms with Gasteiger partial charge in [-0.3, -0.25) is 4.79 Å². The smallest absolute Gasteiger partial charge is 0.237 e. The quantitative estimate of drug-likeness (QED) is 0.661. The number of amides is 1. The van der Waals surface area contributed by atoms with Gasteiger partial charge in [0.25, 0.3) is 0 Å². The first-order valence-electron chi connectivity index (χ1n) is 6.10. The second-order valence-electron chi connectivity index (χ2n) is 4.27. The fraction of sp³-hybridized carbons (Fsp3) is 0.917. The van der Waals surface area contributed by atoms with E-state index in [9.17, 15) is 4.79 Å². The number of ether oxygens (including phenoxy) is 1. The lowest BCUT2D eigenvalue weighted by atomic mass is 10.2. The van der Waals surface area contributed by atoms with Crippen molar-refractivity contribution in [2.75, 3.05) is 13.7 Å². The van der Waals surface area contributed by atoms with Crippen molar-refractivity contribution in [1.82, 2.24) is 10.6 Å². The summed E-state index contributed by atoms with van der Waals surface area (Å²) in [7, 11) is 1.67. The van der Waals surface area contributed by atoms with Crippen molar-refractivity contribution in [3.05, 3.63) is 0 Å². The molecule has 0 radical (unpaired) electrons. The number of rotatable bonds is 8. The van der Waals surface area contributed by atoms with Crippen molar-refractivity contribution in [3.8, 4) is 0 Å². The van der Waals surface area contributed by atoms with Gasteiger partial charge in [-0.1, -0.05) is 13.8 Å². The standard InChI is InChI=1S/C12H26N2O2/c1-6-9(3)13-12(15)10(4)14-11(7-2)8-16-5/h9-11,14H,6-8H2,1-5H3,(H,13,15). The molecule has 0 saturated carbocycles. The highest BCUT2D eigenvalue weighted by Gasteiger charge is 2.17. The topological polar surface area (TPSA) is 50.4 Å². The molecule has 16 heavy (non-hydrogen) atoms. The third-order valence-corrected chi connectivity index (χ3v) is 2.74. The van der Waals surface area contributed by atoms with E-state index in [1.807, 2.05) is 13.8 Å². The number of hydrogen-bond acceptors (Lipinski definition) is 3. The van der Waals surface area contributed by atoms with Crippen LogP contribution in [0.1, 0.15) is 40.5 Å². The van der Waals surface area contributed by atoms with Gasteiger partial charge in [-0.2, -0.15) is 0 Å². The summed E-state index contributed by atoms with van der Waals surface area (Å²) in [6.07, 6.45) is 1.91. The molecule has 0 aromatic rings. The third kappa shape index (κ3) is 6.08. The lowest BCUT2D eigenvalue weighted by Gasteiger charge is -2.22. The van der Waals surface area contributed by atoms with Crippen LogP contribution in [0.15, 0.2) is 0 Å². The van der Waals surface area contributed by atoms with Crippen LogP contribution in [0.25, 0.3) is 0 Å². The molecule has 2 N–H and O–H groups in total. The van der Waals surface area contributed by atoms with E-state index in [1.54, 1.807) is 7.11 Å². The minimum atomic E-state index is -0.172. The lowest BCUT2D eigenvalue weighted by Crippen LogP contribution is -2.49. The molecule has 0 aliphatic heterocycles. The highest BCUT2D eigenvalue weighted by atomic mass is 16.5. The second-order valence-corrected chi connectivity index (χ2v) is 4.27. The molecule has 0 aromatic carbocycles. The molecule has 0 fully saturated rings. The average molecular weight is 230 g/mol. The molecule has 4 nitrogen and oxygen atoms in total. The summed E-state index contributed by atoms with van der Waals surface area (Å²) in [4.78, 5) is 11.8. The normalized spacial score (nSPS) is 16.6. The molecule has 0 aliphatic carbocycles. The van der Waals surface area contributed by atoms with Gasteiger partial charge in [0.2, 0.25) is 5.91 Å². The molecular weight excluding hydrogens is 204 g/mol. The zero-order valence-electron chi connectivity index (χ0n) is 11.2. The first kappa shape index (κ1) is 15.4. The Morgan fingerprint density at radius 2 is 1.88 bits per heavy atom. The van der Waals surface area contributed by atoms with Gasteiger partial charge in [-0.05, 0) is 26.7 Å². The Labute approximate surface area is 99.1 Å². The summed E-state index contributed by atoms with van der Waals surface area (Å²) in [5, 5.41) is 6.22. The van der Waals surface area contributed by atoms with Gasteiger partial charge in [0, 0.05) is 19.2 Å². The highest BCUT2D eigenvalue weighted by molar-refractivity contribution is 5.81. The van der Waals surface area contributed by atoms with E-state index >= 15 is 0 Å². The minimum Gasteiger partial charge on any atom is -0.383 e. The molecule has 0 saturated heterocycles. The maximum Gasteiger partial charge on any atom is 0.237 e. The van der Waals surface area contributed by atoms with Crippen LogP contribution in [0, 0.1) is 0 Å². The molecule has 3 unspecified atom stereocenters. The van der Waals surface area contributed by atoms with E-state index < -0.39 is 0 Å². The molecule has 1 amide bonds. The Balaban J connectivity index is 4.02. The first-order valence-corrected chi connectivity index (χ1v) is 6.10. The van der Waals surface area contributed by atoms with Crippen LogP contribution in [0.5, 0.6) is 0 Å². The van der Waals surface area contributed by atoms with Gasteiger partial charge in [0.15, 0.2) is 0 Å². The summed E-state index contributed by atoms with van der Waals surface area (Å²) in [6, 6.07) is 0.302. The fourth-order valence-corrected chi connectivity index (χ4v) is 1.38. The van der Waals surface area contributed by atoms with Crippen molar-refractivity contribution in [3.63, 3.8) is 0 Å². The van der Waals surface area contributed by atoms with E-state index in [0.29, 0.717) is 6.61 Å². The Hall–Kier alpha value is -0.610. The van der Waals surface area contributed by atoms with Crippen molar-refractivity contribution < 1.29 is 9.53 Å². The van der Waals surface area contributed by atoms with Crippen molar-refractivity contribution >= 4 is 5.91 Å². The number of nitrogens with one attached hydrogen (secondary N) is 2. The monoisotopic (exact) mass is 230 g/mol. The molecule has 0 heterocycles. The zero-order valence-corrected chi connectivity index (χ0v) is 11.2. The van der Waals surface area contributed by atoms with E-state index in [0.717, 1.165) is 12.8 Å².